The molecular weight excluding hydrogens is 244 g/mol. The SMILES string of the molecule is CCC(CC)CNC1(CN)CCC(C)c2ccccc21. The van der Waals surface area contributed by atoms with Crippen LogP contribution < -0.4 is 11.1 Å². The average Bonchev–Trinajstić information content (AvgIpc) is 2.51. The molecule has 2 heteroatoms. The lowest BCUT2D eigenvalue weighted by molar-refractivity contribution is 0.258. The van der Waals surface area contributed by atoms with E-state index in [-0.39, 0.29) is 5.54 Å². The van der Waals surface area contributed by atoms with Crippen molar-refractivity contribution in [3.63, 3.8) is 0 Å². The third-order valence-corrected chi connectivity index (χ3v) is 5.24. The molecule has 1 aromatic carbocycles. The lowest BCUT2D eigenvalue weighted by Gasteiger charge is -2.42. The van der Waals surface area contributed by atoms with E-state index in [1.165, 1.54) is 30.4 Å². The fourth-order valence-electron chi connectivity index (χ4n) is 3.50. The van der Waals surface area contributed by atoms with Gasteiger partial charge in [-0.3, -0.25) is 0 Å². The number of hydrogen-bond acceptors (Lipinski definition) is 2. The third-order valence-electron chi connectivity index (χ3n) is 5.24. The fourth-order valence-corrected chi connectivity index (χ4v) is 3.50. The van der Waals surface area contributed by atoms with Crippen LogP contribution in [-0.2, 0) is 5.54 Å². The Kier molecular flexibility index (Phi) is 5.22. The minimum atomic E-state index is -0.00824. The van der Waals surface area contributed by atoms with Gasteiger partial charge in [0.25, 0.3) is 0 Å². The second kappa shape index (κ2) is 6.73. The summed E-state index contributed by atoms with van der Waals surface area (Å²) < 4.78 is 0. The zero-order valence-electron chi connectivity index (χ0n) is 13.3. The highest BCUT2D eigenvalue weighted by molar-refractivity contribution is 5.39. The van der Waals surface area contributed by atoms with Gasteiger partial charge in [-0.1, -0.05) is 57.9 Å². The molecule has 2 rings (SSSR count). The van der Waals surface area contributed by atoms with E-state index in [4.69, 9.17) is 5.73 Å². The summed E-state index contributed by atoms with van der Waals surface area (Å²) in [4.78, 5) is 0. The molecule has 2 nitrogen and oxygen atoms in total. The fraction of sp³-hybridized carbons (Fsp3) is 0.667. The first-order valence-corrected chi connectivity index (χ1v) is 8.21. The quantitative estimate of drug-likeness (QED) is 0.829. The Morgan fingerprint density at radius 1 is 1.30 bits per heavy atom. The van der Waals surface area contributed by atoms with E-state index < -0.39 is 0 Å². The van der Waals surface area contributed by atoms with Gasteiger partial charge in [-0.05, 0) is 42.3 Å². The third kappa shape index (κ3) is 2.91. The monoisotopic (exact) mass is 274 g/mol. The van der Waals surface area contributed by atoms with Crippen molar-refractivity contribution in [1.29, 1.82) is 0 Å². The molecular formula is C18H30N2. The number of hydrogen-bond donors (Lipinski definition) is 2. The summed E-state index contributed by atoms with van der Waals surface area (Å²) in [6.07, 6.45) is 4.86. The highest BCUT2D eigenvalue weighted by Gasteiger charge is 2.37. The van der Waals surface area contributed by atoms with Crippen LogP contribution in [0.4, 0.5) is 0 Å². The van der Waals surface area contributed by atoms with Crippen LogP contribution in [-0.4, -0.2) is 13.1 Å². The van der Waals surface area contributed by atoms with Gasteiger partial charge < -0.3 is 11.1 Å². The van der Waals surface area contributed by atoms with Crippen molar-refractivity contribution in [2.75, 3.05) is 13.1 Å². The van der Waals surface area contributed by atoms with Gasteiger partial charge in [-0.2, -0.15) is 0 Å². The Labute approximate surface area is 124 Å². The van der Waals surface area contributed by atoms with Gasteiger partial charge >= 0.3 is 0 Å². The summed E-state index contributed by atoms with van der Waals surface area (Å²) in [6.45, 7) is 8.66. The molecule has 0 amide bonds. The standard InChI is InChI=1S/C18H30N2/c1-4-15(5-2)12-20-18(13-19)11-10-14(3)16-8-6-7-9-17(16)18/h6-9,14-15,20H,4-5,10-13,19H2,1-3H3. The lowest BCUT2D eigenvalue weighted by Crippen LogP contribution is -2.52. The van der Waals surface area contributed by atoms with Crippen LogP contribution in [0.1, 0.15) is 63.5 Å². The van der Waals surface area contributed by atoms with E-state index in [0.717, 1.165) is 18.9 Å². The first-order valence-electron chi connectivity index (χ1n) is 8.21. The molecule has 1 aliphatic rings. The predicted molar refractivity (Wildman–Crippen MR) is 86.9 cm³/mol. The molecule has 0 aliphatic heterocycles. The van der Waals surface area contributed by atoms with Crippen LogP contribution in [0.25, 0.3) is 0 Å². The molecule has 112 valence electrons. The summed E-state index contributed by atoms with van der Waals surface area (Å²) in [5.74, 6) is 1.41. The molecule has 0 bridgehead atoms. The van der Waals surface area contributed by atoms with E-state index in [0.29, 0.717) is 12.5 Å². The molecule has 0 spiro atoms. The minimum absolute atomic E-state index is 0.00824. The molecule has 0 saturated heterocycles. The van der Waals surface area contributed by atoms with Gasteiger partial charge in [0.1, 0.15) is 0 Å². The molecule has 0 heterocycles. The van der Waals surface area contributed by atoms with Crippen molar-refractivity contribution in [3.8, 4) is 0 Å². The van der Waals surface area contributed by atoms with E-state index in [1.807, 2.05) is 0 Å². The van der Waals surface area contributed by atoms with Gasteiger partial charge in [-0.25, -0.2) is 0 Å². The van der Waals surface area contributed by atoms with Gasteiger partial charge in [0.2, 0.25) is 0 Å². The first-order chi connectivity index (χ1) is 9.66. The highest BCUT2D eigenvalue weighted by atomic mass is 15.0. The first kappa shape index (κ1) is 15.5. The summed E-state index contributed by atoms with van der Waals surface area (Å²) in [7, 11) is 0. The van der Waals surface area contributed by atoms with Gasteiger partial charge in [0, 0.05) is 6.54 Å². The number of benzene rings is 1. The van der Waals surface area contributed by atoms with Crippen molar-refractivity contribution in [2.45, 2.75) is 57.9 Å². The summed E-state index contributed by atoms with van der Waals surface area (Å²) in [5, 5.41) is 3.84. The van der Waals surface area contributed by atoms with Gasteiger partial charge in [0.05, 0.1) is 5.54 Å². The average molecular weight is 274 g/mol. The second-order valence-corrected chi connectivity index (χ2v) is 6.38. The molecule has 2 unspecified atom stereocenters. The van der Waals surface area contributed by atoms with Crippen LogP contribution in [0.2, 0.25) is 0 Å². The van der Waals surface area contributed by atoms with E-state index in [2.05, 4.69) is 50.4 Å². The normalized spacial score (nSPS) is 25.8. The van der Waals surface area contributed by atoms with E-state index >= 15 is 0 Å². The van der Waals surface area contributed by atoms with Crippen LogP contribution in [0.5, 0.6) is 0 Å². The smallest absolute Gasteiger partial charge is 0.0561 e. The van der Waals surface area contributed by atoms with Crippen molar-refractivity contribution in [2.24, 2.45) is 11.7 Å². The Balaban J connectivity index is 2.25. The van der Waals surface area contributed by atoms with Crippen LogP contribution in [0, 0.1) is 5.92 Å². The number of fused-ring (bicyclic) bond motifs is 1. The topological polar surface area (TPSA) is 38.0 Å². The molecule has 0 aromatic heterocycles. The zero-order valence-corrected chi connectivity index (χ0v) is 13.3. The number of nitrogens with two attached hydrogens (primary N) is 1. The zero-order chi connectivity index (χ0) is 14.6. The Morgan fingerprint density at radius 2 is 2.00 bits per heavy atom. The molecule has 0 saturated carbocycles. The Bertz CT molecular complexity index is 425. The summed E-state index contributed by atoms with van der Waals surface area (Å²) in [6, 6.07) is 8.86. The number of nitrogens with one attached hydrogen (secondary N) is 1. The molecule has 1 aliphatic carbocycles. The maximum Gasteiger partial charge on any atom is 0.0561 e. The number of rotatable bonds is 6. The maximum absolute atomic E-state index is 6.21. The molecule has 0 fully saturated rings. The summed E-state index contributed by atoms with van der Waals surface area (Å²) >= 11 is 0. The van der Waals surface area contributed by atoms with Gasteiger partial charge in [-0.15, -0.1) is 0 Å². The Morgan fingerprint density at radius 3 is 2.65 bits per heavy atom. The highest BCUT2D eigenvalue weighted by Crippen LogP contribution is 2.40. The van der Waals surface area contributed by atoms with Crippen LogP contribution in [0.15, 0.2) is 24.3 Å². The Hall–Kier alpha value is -0.860. The largest absolute Gasteiger partial charge is 0.328 e. The maximum atomic E-state index is 6.21. The second-order valence-electron chi connectivity index (χ2n) is 6.38. The molecule has 0 radical (unpaired) electrons. The molecule has 1 aromatic rings. The van der Waals surface area contributed by atoms with Crippen molar-refractivity contribution < 1.29 is 0 Å². The molecule has 3 N–H and O–H groups in total. The van der Waals surface area contributed by atoms with Gasteiger partial charge in [0.15, 0.2) is 0 Å². The summed E-state index contributed by atoms with van der Waals surface area (Å²) in [5.41, 5.74) is 9.12. The van der Waals surface area contributed by atoms with Crippen LogP contribution >= 0.6 is 0 Å². The van der Waals surface area contributed by atoms with Crippen molar-refractivity contribution in [1.82, 2.24) is 5.32 Å². The van der Waals surface area contributed by atoms with E-state index in [1.54, 1.807) is 0 Å². The van der Waals surface area contributed by atoms with Crippen molar-refractivity contribution >= 4 is 0 Å². The lowest BCUT2D eigenvalue weighted by atomic mass is 9.72. The van der Waals surface area contributed by atoms with E-state index in [9.17, 15) is 0 Å². The van der Waals surface area contributed by atoms with Crippen molar-refractivity contribution in [3.05, 3.63) is 35.4 Å². The molecule has 2 atom stereocenters. The molecule has 20 heavy (non-hydrogen) atoms. The van der Waals surface area contributed by atoms with Crippen LogP contribution in [0.3, 0.4) is 0 Å². The predicted octanol–water partition coefficient (Wildman–Crippen LogP) is 3.76. The minimum Gasteiger partial charge on any atom is -0.328 e.